The van der Waals surface area contributed by atoms with E-state index in [2.05, 4.69) is 39.0 Å². The van der Waals surface area contributed by atoms with Crippen LogP contribution in [0.2, 0.25) is 0 Å². The zero-order valence-electron chi connectivity index (χ0n) is 30.2. The van der Waals surface area contributed by atoms with Crippen LogP contribution in [0, 0.1) is 23.7 Å². The minimum Gasteiger partial charge on any atom is -0.462 e. The Kier molecular flexibility index (Phi) is 18.4. The SMILES string of the molecule is CCCCCOC[C@H]1O[C@H](O)C=C[C@@H]1OCCCCC.CC[C@H](C)C(=O)O[C@H]1CCC=C2C=C[C@H](C)[C@H](CC[C@@H]3C[C@@H](O)CC(=O)O3)[C@H]21. The predicted molar refractivity (Wildman–Crippen MR) is 186 cm³/mol. The molecule has 0 bridgehead atoms. The number of hydrogen-bond donors (Lipinski definition) is 2. The lowest BCUT2D eigenvalue weighted by molar-refractivity contribution is -0.171. The van der Waals surface area contributed by atoms with E-state index in [1.54, 1.807) is 6.08 Å². The van der Waals surface area contributed by atoms with E-state index in [4.69, 9.17) is 23.7 Å². The molecule has 2 N–H and O–H groups in total. The smallest absolute Gasteiger partial charge is 0.308 e. The Morgan fingerprint density at radius 3 is 2.48 bits per heavy atom. The van der Waals surface area contributed by atoms with Gasteiger partial charge in [0.2, 0.25) is 0 Å². The first-order valence-corrected chi connectivity index (χ1v) is 18.8. The molecule has 0 aromatic heterocycles. The second kappa shape index (κ2) is 21.9. The lowest BCUT2D eigenvalue weighted by Crippen LogP contribution is -2.40. The first-order valence-electron chi connectivity index (χ1n) is 18.8. The summed E-state index contributed by atoms with van der Waals surface area (Å²) in [4.78, 5) is 24.1. The summed E-state index contributed by atoms with van der Waals surface area (Å²) >= 11 is 0. The average Bonchev–Trinajstić information content (AvgIpc) is 3.06. The van der Waals surface area contributed by atoms with Crippen LogP contribution in [0.4, 0.5) is 0 Å². The molecule has 1 fully saturated rings. The molecule has 1 saturated heterocycles. The van der Waals surface area contributed by atoms with E-state index in [1.165, 1.54) is 31.3 Å². The third-order valence-electron chi connectivity index (χ3n) is 10.1. The molecular weight excluding hydrogens is 612 g/mol. The van der Waals surface area contributed by atoms with Crippen molar-refractivity contribution < 1.29 is 43.5 Å². The van der Waals surface area contributed by atoms with Gasteiger partial charge in [-0.05, 0) is 68.4 Å². The van der Waals surface area contributed by atoms with Gasteiger partial charge < -0.3 is 33.9 Å². The normalized spacial score (nSPS) is 31.9. The van der Waals surface area contributed by atoms with Crippen LogP contribution in [0.5, 0.6) is 0 Å². The molecule has 0 amide bonds. The van der Waals surface area contributed by atoms with Gasteiger partial charge in [-0.15, -0.1) is 0 Å². The molecule has 2 aliphatic heterocycles. The highest BCUT2D eigenvalue weighted by molar-refractivity contribution is 5.72. The van der Waals surface area contributed by atoms with Gasteiger partial charge in [-0.25, -0.2) is 0 Å². The third-order valence-corrected chi connectivity index (χ3v) is 10.1. The molecule has 0 saturated carbocycles. The highest BCUT2D eigenvalue weighted by Gasteiger charge is 2.41. The van der Waals surface area contributed by atoms with Crippen molar-refractivity contribution in [2.75, 3.05) is 19.8 Å². The van der Waals surface area contributed by atoms with Crippen molar-refractivity contribution in [2.24, 2.45) is 23.7 Å². The van der Waals surface area contributed by atoms with Crippen molar-refractivity contribution in [2.45, 2.75) is 155 Å². The van der Waals surface area contributed by atoms with Crippen LogP contribution in [0.1, 0.15) is 118 Å². The number of carbonyl (C=O) groups is 2. The highest BCUT2D eigenvalue weighted by atomic mass is 16.6. The molecule has 0 unspecified atom stereocenters. The summed E-state index contributed by atoms with van der Waals surface area (Å²) in [5, 5.41) is 19.4. The van der Waals surface area contributed by atoms with Crippen LogP contribution >= 0.6 is 0 Å². The molecule has 0 aromatic carbocycles. The van der Waals surface area contributed by atoms with Gasteiger partial charge in [-0.2, -0.15) is 0 Å². The van der Waals surface area contributed by atoms with Gasteiger partial charge in [-0.1, -0.05) is 84.6 Å². The fourth-order valence-corrected chi connectivity index (χ4v) is 6.95. The van der Waals surface area contributed by atoms with E-state index < -0.39 is 12.4 Å². The van der Waals surface area contributed by atoms with Gasteiger partial charge in [0.05, 0.1) is 25.0 Å². The summed E-state index contributed by atoms with van der Waals surface area (Å²) in [7, 11) is 0. The van der Waals surface area contributed by atoms with Gasteiger partial charge in [0.15, 0.2) is 6.29 Å². The van der Waals surface area contributed by atoms with Crippen LogP contribution in [0.25, 0.3) is 0 Å². The number of unbranched alkanes of at least 4 members (excludes halogenated alkanes) is 4. The van der Waals surface area contributed by atoms with Gasteiger partial charge >= 0.3 is 11.9 Å². The Hall–Kier alpha value is -2.04. The van der Waals surface area contributed by atoms with E-state index in [9.17, 15) is 19.8 Å². The first-order chi connectivity index (χ1) is 23.2. The monoisotopic (exact) mass is 676 g/mol. The molecule has 0 radical (unpaired) electrons. The molecule has 2 aliphatic carbocycles. The lowest BCUT2D eigenvalue weighted by Gasteiger charge is -2.42. The van der Waals surface area contributed by atoms with Crippen LogP contribution < -0.4 is 0 Å². The summed E-state index contributed by atoms with van der Waals surface area (Å²) in [5.41, 5.74) is 1.27. The minimum absolute atomic E-state index is 0.0764. The van der Waals surface area contributed by atoms with Gasteiger partial charge in [0.1, 0.15) is 24.4 Å². The molecule has 0 aromatic rings. The number of hydrogen-bond acceptors (Lipinski definition) is 9. The molecule has 48 heavy (non-hydrogen) atoms. The Labute approximate surface area is 289 Å². The molecule has 4 aliphatic rings. The number of aliphatic hydroxyl groups is 2. The van der Waals surface area contributed by atoms with Gasteiger partial charge in [0.25, 0.3) is 0 Å². The summed E-state index contributed by atoms with van der Waals surface area (Å²) in [5.74, 6) is 0.426. The molecule has 274 valence electrons. The fraction of sp³-hybridized carbons (Fsp3) is 0.795. The fourth-order valence-electron chi connectivity index (χ4n) is 6.95. The van der Waals surface area contributed by atoms with E-state index in [0.717, 1.165) is 58.2 Å². The second-order valence-electron chi connectivity index (χ2n) is 14.0. The Morgan fingerprint density at radius 2 is 1.77 bits per heavy atom. The Bertz CT molecular complexity index is 1040. The molecule has 4 rings (SSSR count). The Balaban J connectivity index is 0.000000277. The summed E-state index contributed by atoms with van der Waals surface area (Å²) in [6, 6.07) is 0. The number of esters is 2. The van der Waals surface area contributed by atoms with E-state index in [0.29, 0.717) is 24.9 Å². The minimum atomic E-state index is -0.838. The van der Waals surface area contributed by atoms with E-state index >= 15 is 0 Å². The maximum atomic E-state index is 12.4. The van der Waals surface area contributed by atoms with Crippen molar-refractivity contribution in [1.29, 1.82) is 0 Å². The van der Waals surface area contributed by atoms with Gasteiger partial charge in [-0.3, -0.25) is 9.59 Å². The standard InChI is InChI=1S/C23H34O5.C16H30O4/c1-4-14(2)23(26)28-20-7-5-6-16-9-8-15(3)19(22(16)20)11-10-18-12-17(24)13-21(25)27-18;1-3-5-7-11-18-13-15-14(9-10-16(17)20-15)19-12-8-6-4-2/h6,8-9,14-15,17-20,22,24H,4-5,7,10-13H2,1-3H3;9-10,14-17H,3-8,11-13H2,1-2H3/t14-,15-,17+,18+,19-,20-,22-;14-,15+,16-/m00/s1. The van der Waals surface area contributed by atoms with E-state index in [1.807, 2.05) is 19.9 Å². The van der Waals surface area contributed by atoms with Crippen LogP contribution in [-0.2, 0) is 33.3 Å². The zero-order valence-corrected chi connectivity index (χ0v) is 30.2. The number of fused-ring (bicyclic) bond motifs is 1. The van der Waals surface area contributed by atoms with Crippen molar-refractivity contribution >= 4 is 11.9 Å². The average molecular weight is 677 g/mol. The highest BCUT2D eigenvalue weighted by Crippen LogP contribution is 2.44. The number of allylic oxidation sites excluding steroid dienone is 3. The maximum Gasteiger partial charge on any atom is 0.308 e. The summed E-state index contributed by atoms with van der Waals surface area (Å²) in [6.45, 7) is 12.4. The van der Waals surface area contributed by atoms with Crippen LogP contribution in [0.3, 0.4) is 0 Å². The van der Waals surface area contributed by atoms with Crippen LogP contribution in [-0.4, -0.2) is 78.8 Å². The maximum absolute atomic E-state index is 12.4. The lowest BCUT2D eigenvalue weighted by atomic mass is 9.66. The number of carbonyl (C=O) groups excluding carboxylic acids is 2. The molecule has 0 spiro atoms. The molecule has 9 nitrogen and oxygen atoms in total. The quantitative estimate of drug-likeness (QED) is 0.0954. The van der Waals surface area contributed by atoms with Crippen LogP contribution in [0.15, 0.2) is 36.0 Å². The predicted octanol–water partition coefficient (Wildman–Crippen LogP) is 6.99. The number of aliphatic hydroxyl groups excluding tert-OH is 2. The Morgan fingerprint density at radius 1 is 1.02 bits per heavy atom. The summed E-state index contributed by atoms with van der Waals surface area (Å²) in [6.07, 6.45) is 19.9. The van der Waals surface area contributed by atoms with Crippen molar-refractivity contribution in [3.05, 3.63) is 36.0 Å². The largest absolute Gasteiger partial charge is 0.462 e. The van der Waals surface area contributed by atoms with E-state index in [-0.39, 0.29) is 54.6 Å². The second-order valence-corrected chi connectivity index (χ2v) is 14.0. The topological polar surface area (TPSA) is 121 Å². The number of ether oxygens (including phenoxy) is 5. The van der Waals surface area contributed by atoms with Crippen molar-refractivity contribution in [3.63, 3.8) is 0 Å². The molecular formula is C39H64O9. The molecule has 2 heterocycles. The summed E-state index contributed by atoms with van der Waals surface area (Å²) < 4.78 is 28.4. The van der Waals surface area contributed by atoms with Crippen molar-refractivity contribution in [3.8, 4) is 0 Å². The number of cyclic esters (lactones) is 1. The number of rotatable bonds is 17. The molecule has 9 heteroatoms. The molecule has 10 atom stereocenters. The zero-order chi connectivity index (χ0) is 34.9. The third kappa shape index (κ3) is 13.3. The van der Waals surface area contributed by atoms with Gasteiger partial charge in [0, 0.05) is 25.6 Å². The van der Waals surface area contributed by atoms with Crippen molar-refractivity contribution in [1.82, 2.24) is 0 Å². The first kappa shape index (κ1) is 40.4.